The molecule has 0 aromatic heterocycles. The lowest BCUT2D eigenvalue weighted by Crippen LogP contribution is -2.37. The summed E-state index contributed by atoms with van der Waals surface area (Å²) in [5, 5.41) is 20.3. The lowest BCUT2D eigenvalue weighted by Gasteiger charge is -2.44. The van der Waals surface area contributed by atoms with Crippen LogP contribution in [0.4, 0.5) is 8.78 Å². The molecular weight excluding hydrogens is 432 g/mol. The minimum atomic E-state index is -2.17. The van der Waals surface area contributed by atoms with Gasteiger partial charge in [0, 0.05) is 13.0 Å². The number of alkyl halides is 2. The van der Waals surface area contributed by atoms with Crippen molar-refractivity contribution in [3.8, 4) is 0 Å². The van der Waals surface area contributed by atoms with Crippen molar-refractivity contribution in [1.29, 1.82) is 0 Å². The maximum atomic E-state index is 12.7. The highest BCUT2D eigenvalue weighted by molar-refractivity contribution is 5.29. The van der Waals surface area contributed by atoms with Crippen LogP contribution in [0.25, 0.3) is 0 Å². The zero-order chi connectivity index (χ0) is 24.5. The van der Waals surface area contributed by atoms with E-state index in [1.165, 1.54) is 25.7 Å². The van der Waals surface area contributed by atoms with Gasteiger partial charge in [0.2, 0.25) is 6.43 Å². The van der Waals surface area contributed by atoms with Gasteiger partial charge in [0.15, 0.2) is 0 Å². The van der Waals surface area contributed by atoms with Crippen molar-refractivity contribution in [2.75, 3.05) is 19.6 Å². The summed E-state index contributed by atoms with van der Waals surface area (Å²) in [5.74, 6) is 2.17. The van der Waals surface area contributed by atoms with Gasteiger partial charge in [-0.15, -0.1) is 0 Å². The van der Waals surface area contributed by atoms with Crippen LogP contribution >= 0.6 is 0 Å². The summed E-state index contributed by atoms with van der Waals surface area (Å²) in [6.45, 7) is 11.6. The molecule has 0 amide bonds. The van der Waals surface area contributed by atoms with Crippen LogP contribution < -0.4 is 0 Å². The van der Waals surface area contributed by atoms with Gasteiger partial charge in [0.05, 0.1) is 12.2 Å². The van der Waals surface area contributed by atoms with E-state index >= 15 is 0 Å². The van der Waals surface area contributed by atoms with Crippen molar-refractivity contribution < 1.29 is 19.0 Å². The molecule has 0 aromatic rings. The van der Waals surface area contributed by atoms with E-state index in [1.54, 1.807) is 5.57 Å². The molecule has 1 heterocycles. The second-order valence-corrected chi connectivity index (χ2v) is 12.0. The van der Waals surface area contributed by atoms with Gasteiger partial charge in [-0.05, 0) is 106 Å². The molecule has 3 saturated carbocycles. The number of hydrogen-bond acceptors (Lipinski definition) is 3. The van der Waals surface area contributed by atoms with Crippen LogP contribution in [0.3, 0.4) is 0 Å². The molecule has 4 fully saturated rings. The molecule has 0 bridgehead atoms. The highest BCUT2D eigenvalue weighted by Crippen LogP contribution is 2.59. The Morgan fingerprint density at radius 1 is 1.15 bits per heavy atom. The Hall–Kier alpha value is -1.04. The molecule has 5 heteroatoms. The molecular formula is C29H45F2NO2. The van der Waals surface area contributed by atoms with Gasteiger partial charge in [-0.2, -0.15) is 0 Å². The molecule has 4 rings (SSSR count). The van der Waals surface area contributed by atoms with Gasteiger partial charge in [0.25, 0.3) is 0 Å². The topological polar surface area (TPSA) is 43.7 Å². The lowest BCUT2D eigenvalue weighted by atomic mass is 9.61. The Bertz CT molecular complexity index is 777. The van der Waals surface area contributed by atoms with Crippen LogP contribution in [0.2, 0.25) is 0 Å². The van der Waals surface area contributed by atoms with Crippen LogP contribution in [-0.2, 0) is 0 Å². The maximum absolute atomic E-state index is 12.7. The van der Waals surface area contributed by atoms with Crippen LogP contribution in [0.1, 0.15) is 78.1 Å². The third kappa shape index (κ3) is 5.68. The summed E-state index contributed by atoms with van der Waals surface area (Å²) in [6.07, 6.45) is 10.6. The Kier molecular flexibility index (Phi) is 8.36. The first-order valence-corrected chi connectivity index (χ1v) is 13.6. The van der Waals surface area contributed by atoms with Gasteiger partial charge < -0.3 is 15.1 Å². The summed E-state index contributed by atoms with van der Waals surface area (Å²) in [5.41, 5.74) is 3.55. The molecule has 192 valence electrons. The number of aliphatic hydroxyl groups excluding tert-OH is 2. The van der Waals surface area contributed by atoms with Crippen LogP contribution in [0.15, 0.2) is 35.5 Å². The van der Waals surface area contributed by atoms with E-state index in [2.05, 4.69) is 37.5 Å². The molecule has 0 unspecified atom stereocenters. The van der Waals surface area contributed by atoms with E-state index in [1.807, 2.05) is 0 Å². The predicted molar refractivity (Wildman–Crippen MR) is 134 cm³/mol. The molecule has 34 heavy (non-hydrogen) atoms. The first kappa shape index (κ1) is 26.0. The van der Waals surface area contributed by atoms with Crippen molar-refractivity contribution in [3.05, 3.63) is 35.5 Å². The average Bonchev–Trinajstić information content (AvgIpc) is 3.37. The molecule has 1 aliphatic heterocycles. The summed E-state index contributed by atoms with van der Waals surface area (Å²) < 4.78 is 25.4. The van der Waals surface area contributed by atoms with Crippen molar-refractivity contribution in [2.45, 2.75) is 96.7 Å². The van der Waals surface area contributed by atoms with Crippen LogP contribution in [0, 0.1) is 29.1 Å². The highest BCUT2D eigenvalue weighted by atomic mass is 19.3. The minimum absolute atomic E-state index is 0.0619. The molecule has 2 N–H and O–H groups in total. The summed E-state index contributed by atoms with van der Waals surface area (Å²) in [4.78, 5) is 2.42. The van der Waals surface area contributed by atoms with E-state index in [9.17, 15) is 19.0 Å². The fraction of sp³-hybridized carbons (Fsp3) is 0.793. The maximum Gasteiger partial charge on any atom is 0.238 e. The standard InChI is InChI=1S/C29H45F2NO2/c1-19(10-13-32-14-11-22(18-32)17-28(30)31)24-8-9-25-23(5-4-12-29(24,25)3)7-6-21-15-26(33)20(2)27(34)16-21/h6-7,19,22,24-28,33-34H,2,4-5,8-18H2,1,3H3/b23-7+/t19-,22-,24-,25+,26-,27-,29-/m1/s1. The van der Waals surface area contributed by atoms with Crippen molar-refractivity contribution in [2.24, 2.45) is 29.1 Å². The van der Waals surface area contributed by atoms with E-state index in [0.717, 1.165) is 50.4 Å². The minimum Gasteiger partial charge on any atom is -0.388 e. The molecule has 0 aromatic carbocycles. The fourth-order valence-corrected chi connectivity index (χ4v) is 7.79. The van der Waals surface area contributed by atoms with E-state index in [0.29, 0.717) is 35.7 Å². The van der Waals surface area contributed by atoms with Crippen LogP contribution in [0.5, 0.6) is 0 Å². The Morgan fingerprint density at radius 3 is 2.59 bits per heavy atom. The van der Waals surface area contributed by atoms with Crippen molar-refractivity contribution in [1.82, 2.24) is 4.90 Å². The largest absolute Gasteiger partial charge is 0.388 e. The predicted octanol–water partition coefficient (Wildman–Crippen LogP) is 6.13. The fourth-order valence-electron chi connectivity index (χ4n) is 7.79. The van der Waals surface area contributed by atoms with Crippen molar-refractivity contribution >= 4 is 0 Å². The summed E-state index contributed by atoms with van der Waals surface area (Å²) in [6, 6.07) is 0. The van der Waals surface area contributed by atoms with E-state index in [-0.39, 0.29) is 12.3 Å². The first-order chi connectivity index (χ1) is 16.2. The average molecular weight is 478 g/mol. The molecule has 4 aliphatic rings. The van der Waals surface area contributed by atoms with Crippen molar-refractivity contribution in [3.63, 3.8) is 0 Å². The quantitative estimate of drug-likeness (QED) is 0.434. The zero-order valence-electron chi connectivity index (χ0n) is 21.2. The normalized spacial score (nSPS) is 39.1. The third-order valence-electron chi connectivity index (χ3n) is 9.81. The number of aliphatic hydroxyl groups is 2. The second-order valence-electron chi connectivity index (χ2n) is 12.0. The highest BCUT2D eigenvalue weighted by Gasteiger charge is 2.50. The van der Waals surface area contributed by atoms with Gasteiger partial charge in [-0.3, -0.25) is 0 Å². The number of nitrogens with zero attached hydrogens (tertiary/aromatic N) is 1. The number of fused-ring (bicyclic) bond motifs is 1. The summed E-state index contributed by atoms with van der Waals surface area (Å²) >= 11 is 0. The van der Waals surface area contributed by atoms with Gasteiger partial charge in [-0.25, -0.2) is 8.78 Å². The second kappa shape index (κ2) is 10.9. The number of halogens is 2. The molecule has 7 atom stereocenters. The SMILES string of the molecule is C=C1[C@H](O)CC(=C/C=C2\CCC[C@]3(C)[C@@H]([C@H](C)CCN4CC[C@H](CC(F)F)C4)CC[C@@H]23)C[C@H]1O. The molecule has 0 radical (unpaired) electrons. The number of allylic oxidation sites excluding steroid dienone is 3. The van der Waals surface area contributed by atoms with Gasteiger partial charge >= 0.3 is 0 Å². The number of hydrogen-bond donors (Lipinski definition) is 2. The van der Waals surface area contributed by atoms with Gasteiger partial charge in [0.1, 0.15) is 0 Å². The van der Waals surface area contributed by atoms with Crippen LogP contribution in [-0.4, -0.2) is 53.4 Å². The third-order valence-corrected chi connectivity index (χ3v) is 9.81. The molecule has 1 saturated heterocycles. The number of rotatable bonds is 7. The lowest BCUT2D eigenvalue weighted by molar-refractivity contribution is 0.0887. The summed E-state index contributed by atoms with van der Waals surface area (Å²) in [7, 11) is 0. The smallest absolute Gasteiger partial charge is 0.238 e. The molecule has 0 spiro atoms. The van der Waals surface area contributed by atoms with E-state index < -0.39 is 18.6 Å². The monoisotopic (exact) mass is 477 g/mol. The zero-order valence-corrected chi connectivity index (χ0v) is 21.2. The van der Waals surface area contributed by atoms with E-state index in [4.69, 9.17) is 0 Å². The first-order valence-electron chi connectivity index (χ1n) is 13.6. The molecule has 3 nitrogen and oxygen atoms in total. The molecule has 3 aliphatic carbocycles. The van der Waals surface area contributed by atoms with Gasteiger partial charge in [-0.1, -0.05) is 43.7 Å². The Morgan fingerprint density at radius 2 is 1.88 bits per heavy atom. The Labute approximate surface area is 205 Å². The Balaban J connectivity index is 1.35. The number of likely N-dealkylation sites (tertiary alicyclic amines) is 1.